The van der Waals surface area contributed by atoms with Gasteiger partial charge in [0.1, 0.15) is 0 Å². The predicted octanol–water partition coefficient (Wildman–Crippen LogP) is 1.58. The highest BCUT2D eigenvalue weighted by Gasteiger charge is 2.60. The largest absolute Gasteiger partial charge is 0.383 e. The summed E-state index contributed by atoms with van der Waals surface area (Å²) in [6.07, 6.45) is -3.19. The summed E-state index contributed by atoms with van der Waals surface area (Å²) in [4.78, 5) is 1.62. The van der Waals surface area contributed by atoms with Crippen LogP contribution in [0.5, 0.6) is 0 Å². The molecular formula is C9H16Cl2F2N2O2. The Balaban J connectivity index is 2.73. The summed E-state index contributed by atoms with van der Waals surface area (Å²) in [7, 11) is 2.88. The molecule has 0 spiro atoms. The molecule has 0 aromatic carbocycles. The Hall–Kier alpha value is 0.280. The van der Waals surface area contributed by atoms with E-state index < -0.39 is 10.6 Å². The third kappa shape index (κ3) is 3.39. The van der Waals surface area contributed by atoms with Crippen LogP contribution >= 0.6 is 23.2 Å². The number of hydrogen-bond donors (Lipinski definition) is 0. The van der Waals surface area contributed by atoms with Crippen molar-refractivity contribution in [1.29, 1.82) is 0 Å². The third-order valence-corrected chi connectivity index (χ3v) is 3.21. The third-order valence-electron chi connectivity index (χ3n) is 2.57. The van der Waals surface area contributed by atoms with Crippen LogP contribution in [0.2, 0.25) is 0 Å². The van der Waals surface area contributed by atoms with Crippen molar-refractivity contribution < 1.29 is 18.3 Å². The van der Waals surface area contributed by atoms with Crippen molar-refractivity contribution in [1.82, 2.24) is 9.80 Å². The van der Waals surface area contributed by atoms with Gasteiger partial charge in [0, 0.05) is 27.3 Å². The Morgan fingerprint density at radius 2 is 1.65 bits per heavy atom. The molecule has 1 aliphatic heterocycles. The SMILES string of the molecule is COCCN1CC(Cl)(Cl)N(CCOC)C1(F)F. The second-order valence-corrected chi connectivity index (χ2v) is 5.18. The highest BCUT2D eigenvalue weighted by Crippen LogP contribution is 2.44. The fourth-order valence-electron chi connectivity index (χ4n) is 1.67. The molecule has 0 bridgehead atoms. The minimum Gasteiger partial charge on any atom is -0.383 e. The van der Waals surface area contributed by atoms with E-state index in [1.54, 1.807) is 0 Å². The molecule has 0 unspecified atom stereocenters. The first kappa shape index (κ1) is 15.3. The molecule has 1 fully saturated rings. The number of halogens is 4. The quantitative estimate of drug-likeness (QED) is 0.548. The molecule has 0 N–H and O–H groups in total. The van der Waals surface area contributed by atoms with Gasteiger partial charge in [-0.05, 0) is 0 Å². The molecule has 0 radical (unpaired) electrons. The Morgan fingerprint density at radius 1 is 1.12 bits per heavy atom. The molecule has 0 saturated carbocycles. The van der Waals surface area contributed by atoms with E-state index in [2.05, 4.69) is 0 Å². The van der Waals surface area contributed by atoms with Crippen LogP contribution in [0.25, 0.3) is 0 Å². The van der Waals surface area contributed by atoms with E-state index in [1.165, 1.54) is 14.2 Å². The lowest BCUT2D eigenvalue weighted by molar-refractivity contribution is -0.218. The Morgan fingerprint density at radius 3 is 2.18 bits per heavy atom. The fourth-order valence-corrected chi connectivity index (χ4v) is 2.33. The standard InChI is InChI=1S/C9H16Cl2F2N2O2/c1-16-5-3-14-7-8(10,11)15(4-6-17-2)9(14,12)13/h3-7H2,1-2H3. The van der Waals surface area contributed by atoms with Crippen molar-refractivity contribution in [2.75, 3.05) is 47.1 Å². The van der Waals surface area contributed by atoms with Crippen LogP contribution in [0.15, 0.2) is 0 Å². The molecule has 1 aliphatic rings. The van der Waals surface area contributed by atoms with Gasteiger partial charge in [0.05, 0.1) is 19.8 Å². The first-order valence-electron chi connectivity index (χ1n) is 5.12. The summed E-state index contributed by atoms with van der Waals surface area (Å²) in [6.45, 7) is 0.205. The van der Waals surface area contributed by atoms with Crippen LogP contribution in [-0.4, -0.2) is 67.5 Å². The molecule has 4 nitrogen and oxygen atoms in total. The lowest BCUT2D eigenvalue weighted by Crippen LogP contribution is -2.50. The molecule has 8 heteroatoms. The molecule has 0 aliphatic carbocycles. The molecular weight excluding hydrogens is 277 g/mol. The maximum Gasteiger partial charge on any atom is 0.372 e. The number of nitrogens with zero attached hydrogens (tertiary/aromatic N) is 2. The Bertz CT molecular complexity index is 257. The first-order valence-corrected chi connectivity index (χ1v) is 5.88. The second-order valence-electron chi connectivity index (χ2n) is 3.73. The smallest absolute Gasteiger partial charge is 0.372 e. The van der Waals surface area contributed by atoms with Crippen molar-refractivity contribution >= 4 is 23.2 Å². The normalized spacial score (nSPS) is 24.4. The lowest BCUT2D eigenvalue weighted by atomic mass is 10.5. The van der Waals surface area contributed by atoms with Gasteiger partial charge in [-0.2, -0.15) is 13.7 Å². The summed E-state index contributed by atoms with van der Waals surface area (Å²) in [5.41, 5.74) is 0. The topological polar surface area (TPSA) is 24.9 Å². The van der Waals surface area contributed by atoms with Crippen LogP contribution in [0, 0.1) is 0 Å². The lowest BCUT2D eigenvalue weighted by Gasteiger charge is -2.31. The van der Waals surface area contributed by atoms with E-state index in [0.717, 1.165) is 9.80 Å². The second kappa shape index (κ2) is 5.95. The van der Waals surface area contributed by atoms with Crippen LogP contribution in [-0.2, 0) is 9.47 Å². The number of methoxy groups -OCH3 is 2. The van der Waals surface area contributed by atoms with E-state index in [-0.39, 0.29) is 32.8 Å². The summed E-state index contributed by atoms with van der Waals surface area (Å²) in [5, 5.41) is 0. The molecule has 1 rings (SSSR count). The first-order chi connectivity index (χ1) is 7.86. The van der Waals surface area contributed by atoms with Crippen molar-refractivity contribution in [3.63, 3.8) is 0 Å². The van der Waals surface area contributed by atoms with E-state index in [9.17, 15) is 8.78 Å². The maximum absolute atomic E-state index is 14.0. The molecule has 17 heavy (non-hydrogen) atoms. The van der Waals surface area contributed by atoms with Crippen LogP contribution in [0.3, 0.4) is 0 Å². The highest BCUT2D eigenvalue weighted by molar-refractivity contribution is 6.48. The fraction of sp³-hybridized carbons (Fsp3) is 1.00. The highest BCUT2D eigenvalue weighted by atomic mass is 35.5. The predicted molar refractivity (Wildman–Crippen MR) is 61.4 cm³/mol. The van der Waals surface area contributed by atoms with Crippen molar-refractivity contribution in [3.8, 4) is 0 Å². The molecule has 0 aromatic rings. The monoisotopic (exact) mass is 292 g/mol. The molecule has 1 saturated heterocycles. The Kier molecular flexibility index (Phi) is 5.37. The Labute approximate surface area is 109 Å². The van der Waals surface area contributed by atoms with E-state index in [1.807, 2.05) is 0 Å². The van der Waals surface area contributed by atoms with E-state index in [4.69, 9.17) is 32.7 Å². The maximum atomic E-state index is 14.0. The number of hydrogen-bond acceptors (Lipinski definition) is 4. The number of rotatable bonds is 6. The minimum absolute atomic E-state index is 0.0417. The summed E-state index contributed by atoms with van der Waals surface area (Å²) in [6, 6.07) is 0. The summed E-state index contributed by atoms with van der Waals surface area (Å²) in [5.74, 6) is 0. The van der Waals surface area contributed by atoms with Crippen molar-refractivity contribution in [2.45, 2.75) is 10.6 Å². The van der Waals surface area contributed by atoms with Crippen LogP contribution in [0.1, 0.15) is 0 Å². The molecule has 1 heterocycles. The van der Waals surface area contributed by atoms with Crippen molar-refractivity contribution in [2.24, 2.45) is 0 Å². The summed E-state index contributed by atoms with van der Waals surface area (Å²) < 4.78 is 35.9. The van der Waals surface area contributed by atoms with Gasteiger partial charge in [-0.1, -0.05) is 23.2 Å². The van der Waals surface area contributed by atoms with Gasteiger partial charge in [-0.15, -0.1) is 0 Å². The number of alkyl halides is 4. The minimum atomic E-state index is -3.19. The van der Waals surface area contributed by atoms with Crippen LogP contribution < -0.4 is 0 Å². The van der Waals surface area contributed by atoms with Gasteiger partial charge in [-0.25, -0.2) is 4.90 Å². The molecule has 0 amide bonds. The zero-order chi connectivity index (χ0) is 13.1. The summed E-state index contributed by atoms with van der Waals surface area (Å²) >= 11 is 11.8. The molecule has 0 atom stereocenters. The van der Waals surface area contributed by atoms with Crippen LogP contribution in [0.4, 0.5) is 8.78 Å². The molecule has 0 aromatic heterocycles. The number of ether oxygens (including phenoxy) is 2. The average molecular weight is 293 g/mol. The zero-order valence-electron chi connectivity index (χ0n) is 9.76. The molecule has 102 valence electrons. The van der Waals surface area contributed by atoms with Gasteiger partial charge < -0.3 is 9.47 Å². The van der Waals surface area contributed by atoms with Gasteiger partial charge >= 0.3 is 6.17 Å². The van der Waals surface area contributed by atoms with E-state index >= 15 is 0 Å². The van der Waals surface area contributed by atoms with Gasteiger partial charge in [0.2, 0.25) is 0 Å². The van der Waals surface area contributed by atoms with Gasteiger partial charge in [-0.3, -0.25) is 0 Å². The van der Waals surface area contributed by atoms with E-state index in [0.29, 0.717) is 0 Å². The zero-order valence-corrected chi connectivity index (χ0v) is 11.3. The van der Waals surface area contributed by atoms with Gasteiger partial charge in [0.25, 0.3) is 0 Å². The average Bonchev–Trinajstić information content (AvgIpc) is 2.40. The van der Waals surface area contributed by atoms with Gasteiger partial charge in [0.15, 0.2) is 4.46 Å². The van der Waals surface area contributed by atoms with Crippen molar-refractivity contribution in [3.05, 3.63) is 0 Å².